The van der Waals surface area contributed by atoms with E-state index in [1.165, 1.54) is 0 Å². The summed E-state index contributed by atoms with van der Waals surface area (Å²) in [6, 6.07) is 6.88. The minimum absolute atomic E-state index is 0.110. The number of hydrogen-bond donors (Lipinski definition) is 3. The number of hydrogen-bond acceptors (Lipinski definition) is 6. The van der Waals surface area contributed by atoms with E-state index in [0.717, 1.165) is 6.34 Å². The average molecular weight is 384 g/mol. The van der Waals surface area contributed by atoms with Crippen LogP contribution in [0.4, 0.5) is 10.5 Å². The van der Waals surface area contributed by atoms with Crippen molar-refractivity contribution in [1.82, 2.24) is 5.32 Å². The van der Waals surface area contributed by atoms with E-state index < -0.39 is 14.4 Å². The fourth-order valence-corrected chi connectivity index (χ4v) is 2.66. The zero-order valence-electron chi connectivity index (χ0n) is 16.0. The lowest BCUT2D eigenvalue weighted by atomic mass is 10.2. The number of aliphatic imine (C=N–C) groups is 1. The van der Waals surface area contributed by atoms with E-state index in [4.69, 9.17) is 25.0 Å². The van der Waals surface area contributed by atoms with E-state index in [9.17, 15) is 4.79 Å². The second-order valence-electron chi connectivity index (χ2n) is 7.34. The van der Waals surface area contributed by atoms with Gasteiger partial charge in [-0.1, -0.05) is 20.8 Å². The van der Waals surface area contributed by atoms with Crippen molar-refractivity contribution in [2.45, 2.75) is 45.0 Å². The smallest absolute Gasteiger partial charge is 0.409 e. The predicted molar refractivity (Wildman–Crippen MR) is 103 cm³/mol. The molecule has 8 nitrogen and oxygen atoms in total. The molecule has 1 atom stereocenters. The van der Waals surface area contributed by atoms with Crippen LogP contribution in [0.2, 0.25) is 18.1 Å². The Labute approximate surface area is 155 Å². The maximum Gasteiger partial charge on any atom is 0.409 e. The molecule has 0 spiro atoms. The molecule has 9 heteroatoms. The van der Waals surface area contributed by atoms with E-state index in [2.05, 4.69) is 38.9 Å². The second-order valence-corrected chi connectivity index (χ2v) is 12.2. The summed E-state index contributed by atoms with van der Waals surface area (Å²) in [5.74, 6) is 5.99. The van der Waals surface area contributed by atoms with Crippen LogP contribution in [0.25, 0.3) is 0 Å². The molecule has 4 N–H and O–H groups in total. The van der Waals surface area contributed by atoms with E-state index in [1.54, 1.807) is 24.3 Å². The Bertz CT molecular complexity index is 599. The van der Waals surface area contributed by atoms with Crippen molar-refractivity contribution in [3.63, 3.8) is 0 Å². The predicted octanol–water partition coefficient (Wildman–Crippen LogP) is 3.27. The van der Waals surface area contributed by atoms with E-state index in [-0.39, 0.29) is 17.7 Å². The third-order valence-corrected chi connectivity index (χ3v) is 8.80. The highest BCUT2D eigenvalue weighted by atomic mass is 28.4. The van der Waals surface area contributed by atoms with Crippen molar-refractivity contribution < 1.29 is 23.9 Å². The van der Waals surface area contributed by atoms with Gasteiger partial charge in [0.2, 0.25) is 0 Å². The van der Waals surface area contributed by atoms with Crippen molar-refractivity contribution >= 4 is 26.4 Å². The molecule has 0 saturated heterocycles. The summed E-state index contributed by atoms with van der Waals surface area (Å²) in [6.45, 7) is 11.5. The zero-order valence-corrected chi connectivity index (χ0v) is 17.0. The molecule has 0 saturated carbocycles. The molecular weight excluding hydrogens is 354 g/mol. The van der Waals surface area contributed by atoms with Crippen molar-refractivity contribution in [2.75, 3.05) is 13.2 Å². The maximum atomic E-state index is 10.3. The van der Waals surface area contributed by atoms with Gasteiger partial charge in [-0.3, -0.25) is 10.2 Å². The zero-order chi connectivity index (χ0) is 19.8. The highest BCUT2D eigenvalue weighted by Crippen LogP contribution is 2.36. The number of benzene rings is 1. The van der Waals surface area contributed by atoms with Gasteiger partial charge in [0, 0.05) is 0 Å². The topological polar surface area (TPSA) is 115 Å². The van der Waals surface area contributed by atoms with Gasteiger partial charge in [-0.05, 0) is 42.4 Å². The van der Waals surface area contributed by atoms with Crippen molar-refractivity contribution in [2.24, 2.45) is 10.9 Å². The van der Waals surface area contributed by atoms with Crippen LogP contribution in [-0.4, -0.2) is 45.2 Å². The van der Waals surface area contributed by atoms with Crippen LogP contribution in [0, 0.1) is 0 Å². The average Bonchev–Trinajstić information content (AvgIpc) is 2.55. The standard InChI is InChI=1S/C17H29N3O5Si/c1-17(2,3)26(4,5)24-11-15(25-18)10-23-14-8-6-13(7-9-14)19-12-20-16(21)22/h6-9,12,15H,10-11,18H2,1-5H3,(H,19,20)(H,21,22). The molecule has 0 aliphatic heterocycles. The van der Waals surface area contributed by atoms with Crippen molar-refractivity contribution in [3.05, 3.63) is 24.3 Å². The molecule has 1 unspecified atom stereocenters. The molecule has 0 aliphatic rings. The van der Waals surface area contributed by atoms with Crippen LogP contribution in [0.1, 0.15) is 20.8 Å². The van der Waals surface area contributed by atoms with Gasteiger partial charge in [0.25, 0.3) is 0 Å². The molecule has 1 aromatic carbocycles. The summed E-state index contributed by atoms with van der Waals surface area (Å²) in [5, 5.41) is 10.6. The van der Waals surface area contributed by atoms with Crippen LogP contribution in [0.3, 0.4) is 0 Å². The number of nitrogens with one attached hydrogen (secondary N) is 1. The summed E-state index contributed by atoms with van der Waals surface area (Å²) in [4.78, 5) is 19.2. The highest BCUT2D eigenvalue weighted by Gasteiger charge is 2.37. The maximum absolute atomic E-state index is 10.3. The summed E-state index contributed by atoms with van der Waals surface area (Å²) < 4.78 is 11.8. The van der Waals surface area contributed by atoms with Crippen LogP contribution in [-0.2, 0) is 9.26 Å². The molecule has 146 valence electrons. The third kappa shape index (κ3) is 7.52. The number of ether oxygens (including phenoxy) is 1. The van der Waals surface area contributed by atoms with Gasteiger partial charge >= 0.3 is 6.09 Å². The lowest BCUT2D eigenvalue weighted by molar-refractivity contribution is -0.0115. The molecule has 0 bridgehead atoms. The first-order valence-electron chi connectivity index (χ1n) is 8.29. The first kappa shape index (κ1) is 22.1. The van der Waals surface area contributed by atoms with Gasteiger partial charge in [-0.15, -0.1) is 0 Å². The van der Waals surface area contributed by atoms with E-state index >= 15 is 0 Å². The van der Waals surface area contributed by atoms with Crippen LogP contribution < -0.4 is 16.0 Å². The first-order chi connectivity index (χ1) is 12.0. The molecule has 0 aliphatic carbocycles. The van der Waals surface area contributed by atoms with Gasteiger partial charge in [0.1, 0.15) is 18.5 Å². The molecule has 0 radical (unpaired) electrons. The third-order valence-electron chi connectivity index (χ3n) is 4.30. The summed E-state index contributed by atoms with van der Waals surface area (Å²) in [7, 11) is -1.88. The van der Waals surface area contributed by atoms with Crippen LogP contribution in [0.5, 0.6) is 5.75 Å². The minimum Gasteiger partial charge on any atom is -0.491 e. The number of carbonyl (C=O) groups is 1. The summed E-state index contributed by atoms with van der Waals surface area (Å²) in [6.07, 6.45) is -0.433. The van der Waals surface area contributed by atoms with Gasteiger partial charge < -0.3 is 14.3 Å². The van der Waals surface area contributed by atoms with Gasteiger partial charge in [0.05, 0.1) is 18.6 Å². The molecule has 0 aromatic heterocycles. The van der Waals surface area contributed by atoms with E-state index in [1.807, 2.05) is 5.32 Å². The normalized spacial score (nSPS) is 13.6. The summed E-state index contributed by atoms with van der Waals surface area (Å²) >= 11 is 0. The lowest BCUT2D eigenvalue weighted by Gasteiger charge is -2.37. The fraction of sp³-hybridized carbons (Fsp3) is 0.529. The molecule has 1 amide bonds. The Balaban J connectivity index is 2.50. The van der Waals surface area contributed by atoms with E-state index in [0.29, 0.717) is 18.0 Å². The van der Waals surface area contributed by atoms with Crippen LogP contribution in [0.15, 0.2) is 29.3 Å². The largest absolute Gasteiger partial charge is 0.491 e. The number of nitrogens with two attached hydrogens (primary N) is 1. The number of amides is 1. The number of nitrogens with zero attached hydrogens (tertiary/aromatic N) is 1. The van der Waals surface area contributed by atoms with Crippen molar-refractivity contribution in [3.8, 4) is 5.75 Å². The van der Waals surface area contributed by atoms with Crippen LogP contribution >= 0.6 is 0 Å². The Morgan fingerprint density at radius 3 is 2.42 bits per heavy atom. The quantitative estimate of drug-likeness (QED) is 0.261. The van der Waals surface area contributed by atoms with Gasteiger partial charge in [0.15, 0.2) is 8.32 Å². The monoisotopic (exact) mass is 383 g/mol. The Hall–Kier alpha value is -1.94. The molecular formula is C17H29N3O5Si. The highest BCUT2D eigenvalue weighted by molar-refractivity contribution is 6.74. The Morgan fingerprint density at radius 1 is 1.31 bits per heavy atom. The number of carboxylic acid groups (broad SMARTS) is 1. The molecule has 0 fully saturated rings. The lowest BCUT2D eigenvalue weighted by Crippen LogP contribution is -2.44. The number of rotatable bonds is 9. The second kappa shape index (κ2) is 9.67. The fourth-order valence-electron chi connectivity index (χ4n) is 1.62. The Morgan fingerprint density at radius 2 is 1.92 bits per heavy atom. The van der Waals surface area contributed by atoms with Gasteiger partial charge in [-0.2, -0.15) is 0 Å². The SMILES string of the molecule is CC(C)(C)[Si](C)(C)OCC(COc1ccc(/N=C/NC(=O)O)cc1)ON. The Kier molecular flexibility index (Phi) is 8.22. The molecule has 1 rings (SSSR count). The molecule has 26 heavy (non-hydrogen) atoms. The van der Waals surface area contributed by atoms with Crippen molar-refractivity contribution in [1.29, 1.82) is 0 Å². The molecule has 1 aromatic rings. The summed E-state index contributed by atoms with van der Waals surface area (Å²) in [5.41, 5.74) is 0.596. The molecule has 0 heterocycles. The van der Waals surface area contributed by atoms with Gasteiger partial charge in [-0.25, -0.2) is 15.7 Å². The minimum atomic E-state index is -1.88. The first-order valence-corrected chi connectivity index (χ1v) is 11.2.